The Kier molecular flexibility index (Phi) is 8.65. The predicted molar refractivity (Wildman–Crippen MR) is 89.1 cm³/mol. The summed E-state index contributed by atoms with van der Waals surface area (Å²) in [6.45, 7) is 5.96. The van der Waals surface area contributed by atoms with E-state index < -0.39 is 17.6 Å². The third-order valence-corrected chi connectivity index (χ3v) is 7.78. The second-order valence-electron chi connectivity index (χ2n) is 6.45. The summed E-state index contributed by atoms with van der Waals surface area (Å²) >= 11 is 0. The van der Waals surface area contributed by atoms with Gasteiger partial charge in [0.2, 0.25) is 0 Å². The van der Waals surface area contributed by atoms with Gasteiger partial charge in [-0.2, -0.15) is 0 Å². The minimum absolute atomic E-state index is 0.283. The van der Waals surface area contributed by atoms with Gasteiger partial charge in [0, 0.05) is 13.2 Å². The highest BCUT2D eigenvalue weighted by atomic mass is 28.4. The van der Waals surface area contributed by atoms with E-state index in [0.717, 1.165) is 32.1 Å². The smallest absolute Gasteiger partial charge is 0.332 e. The van der Waals surface area contributed by atoms with E-state index in [1.807, 2.05) is 0 Å². The summed E-state index contributed by atoms with van der Waals surface area (Å²) in [5.41, 5.74) is 0. The molecule has 136 valence electrons. The average molecular weight is 367 g/mol. The second-order valence-corrected chi connectivity index (χ2v) is 11.8. The zero-order chi connectivity index (χ0) is 16.5. The van der Waals surface area contributed by atoms with Gasteiger partial charge in [0.15, 0.2) is 9.04 Å². The van der Waals surface area contributed by atoms with E-state index in [0.29, 0.717) is 44.8 Å². The van der Waals surface area contributed by atoms with Gasteiger partial charge < -0.3 is 33.0 Å². The Morgan fingerprint density at radius 2 is 1.65 bits per heavy atom. The summed E-state index contributed by atoms with van der Waals surface area (Å²) in [6.07, 6.45) is 2.51. The molecule has 0 bridgehead atoms. The lowest BCUT2D eigenvalue weighted by Crippen LogP contribution is -2.39. The third-order valence-electron chi connectivity index (χ3n) is 3.75. The topological polar surface area (TPSA) is 93.2 Å². The van der Waals surface area contributed by atoms with Gasteiger partial charge in [-0.05, 0) is 31.5 Å². The molecule has 0 spiro atoms. The summed E-state index contributed by atoms with van der Waals surface area (Å²) in [5, 5.41) is 0. The van der Waals surface area contributed by atoms with E-state index in [-0.39, 0.29) is 6.10 Å². The molecule has 2 aliphatic rings. The van der Waals surface area contributed by atoms with Crippen molar-refractivity contribution in [2.24, 2.45) is 0 Å². The molecule has 0 amide bonds. The maximum absolute atomic E-state index is 10.3. The molecule has 7 nitrogen and oxygen atoms in total. The van der Waals surface area contributed by atoms with Gasteiger partial charge in [0.1, 0.15) is 12.2 Å². The third kappa shape index (κ3) is 10.6. The lowest BCUT2D eigenvalue weighted by atomic mass is 10.5. The minimum Gasteiger partial charge on any atom is -0.432 e. The van der Waals surface area contributed by atoms with Crippen molar-refractivity contribution in [3.63, 3.8) is 0 Å². The first-order valence-corrected chi connectivity index (χ1v) is 13.2. The molecule has 2 N–H and O–H groups in total. The monoisotopic (exact) mass is 366 g/mol. The molecular weight excluding hydrogens is 336 g/mol. The molecule has 2 aliphatic heterocycles. The molecule has 0 aliphatic carbocycles. The van der Waals surface area contributed by atoms with E-state index in [1.165, 1.54) is 0 Å². The average Bonchev–Trinajstić information content (AvgIpc) is 3.38. The Morgan fingerprint density at radius 1 is 1.09 bits per heavy atom. The Morgan fingerprint density at radius 3 is 2.22 bits per heavy atom. The van der Waals surface area contributed by atoms with Crippen LogP contribution >= 0.6 is 0 Å². The Hall–Kier alpha value is 0.154. The van der Waals surface area contributed by atoms with Crippen LogP contribution in [0.1, 0.15) is 12.8 Å². The lowest BCUT2D eigenvalue weighted by Gasteiger charge is -2.22. The fourth-order valence-electron chi connectivity index (χ4n) is 2.11. The Bertz CT molecular complexity index is 324. The van der Waals surface area contributed by atoms with Gasteiger partial charge in [0.25, 0.3) is 0 Å². The fourth-order valence-corrected chi connectivity index (χ4v) is 6.07. The minimum atomic E-state index is -2.67. The Balaban J connectivity index is 1.39. The first kappa shape index (κ1) is 19.5. The highest BCUT2D eigenvalue weighted by Crippen LogP contribution is 2.13. The van der Waals surface area contributed by atoms with Crippen molar-refractivity contribution in [1.82, 2.24) is 0 Å². The van der Waals surface area contributed by atoms with Crippen LogP contribution in [0.3, 0.4) is 0 Å². The molecule has 9 heteroatoms. The maximum Gasteiger partial charge on any atom is 0.332 e. The van der Waals surface area contributed by atoms with Gasteiger partial charge in [-0.1, -0.05) is 0 Å². The summed E-state index contributed by atoms with van der Waals surface area (Å²) < 4.78 is 26.6. The van der Waals surface area contributed by atoms with Gasteiger partial charge in [0.05, 0.1) is 32.7 Å². The van der Waals surface area contributed by atoms with E-state index in [1.54, 1.807) is 6.55 Å². The van der Waals surface area contributed by atoms with Crippen molar-refractivity contribution in [2.75, 3.05) is 45.9 Å². The normalized spacial score (nSPS) is 26.7. The lowest BCUT2D eigenvalue weighted by molar-refractivity contribution is 0.115. The molecule has 0 aromatic rings. The maximum atomic E-state index is 10.3. The SMILES string of the molecule is C[Si](O)(CCCOCC1CO1)OC[SiH](O)CCCOCC1CO1. The standard InChI is InChI=1S/C14H30O7Si2/c1-23(16,7-3-5-18-9-14-11-20-14)21-12-22(15)6-2-4-17-8-13-10-19-13/h13-16,22H,2-12H2,1H3. The molecule has 2 heterocycles. The zero-order valence-corrected chi connectivity index (χ0v) is 16.1. The molecule has 2 rings (SSSR count). The Labute approximate surface area is 140 Å². The van der Waals surface area contributed by atoms with Crippen LogP contribution in [-0.2, 0) is 23.4 Å². The fraction of sp³-hybridized carbons (Fsp3) is 1.00. The van der Waals surface area contributed by atoms with Crippen LogP contribution in [0.15, 0.2) is 0 Å². The molecule has 2 saturated heterocycles. The second kappa shape index (κ2) is 10.2. The highest BCUT2D eigenvalue weighted by Gasteiger charge is 2.28. The van der Waals surface area contributed by atoms with Crippen molar-refractivity contribution in [3.8, 4) is 0 Å². The van der Waals surface area contributed by atoms with Gasteiger partial charge in [-0.15, -0.1) is 0 Å². The summed E-state index contributed by atoms with van der Waals surface area (Å²) in [4.78, 5) is 20.3. The number of epoxide rings is 2. The van der Waals surface area contributed by atoms with Gasteiger partial charge in [-0.3, -0.25) is 0 Å². The summed E-state index contributed by atoms with van der Waals surface area (Å²) in [5.74, 6) is 0. The van der Waals surface area contributed by atoms with Crippen molar-refractivity contribution in [2.45, 2.75) is 43.7 Å². The van der Waals surface area contributed by atoms with Crippen LogP contribution in [-0.4, -0.2) is 85.3 Å². The predicted octanol–water partition coefficient (Wildman–Crippen LogP) is -0.0664. The first-order valence-electron chi connectivity index (χ1n) is 8.48. The summed E-state index contributed by atoms with van der Waals surface area (Å²) in [7, 11) is -4.59. The van der Waals surface area contributed by atoms with E-state index >= 15 is 0 Å². The van der Waals surface area contributed by atoms with Crippen LogP contribution in [0.2, 0.25) is 18.6 Å². The van der Waals surface area contributed by atoms with E-state index in [4.69, 9.17) is 23.4 Å². The first-order chi connectivity index (χ1) is 11.1. The molecule has 0 aromatic carbocycles. The molecule has 0 radical (unpaired) electrons. The number of hydrogen-bond donors (Lipinski definition) is 2. The van der Waals surface area contributed by atoms with Crippen LogP contribution in [0.25, 0.3) is 0 Å². The van der Waals surface area contributed by atoms with Crippen molar-refractivity contribution < 1.29 is 33.0 Å². The van der Waals surface area contributed by atoms with E-state index in [9.17, 15) is 9.59 Å². The number of hydrogen-bond acceptors (Lipinski definition) is 7. The number of rotatable bonds is 15. The molecule has 4 unspecified atom stereocenters. The van der Waals surface area contributed by atoms with E-state index in [2.05, 4.69) is 0 Å². The molecule has 0 aromatic heterocycles. The molecule has 23 heavy (non-hydrogen) atoms. The molecule has 2 fully saturated rings. The van der Waals surface area contributed by atoms with Crippen molar-refractivity contribution in [1.29, 1.82) is 0 Å². The number of ether oxygens (including phenoxy) is 4. The van der Waals surface area contributed by atoms with Crippen LogP contribution in [0.4, 0.5) is 0 Å². The van der Waals surface area contributed by atoms with Crippen LogP contribution < -0.4 is 0 Å². The largest absolute Gasteiger partial charge is 0.432 e. The zero-order valence-electron chi connectivity index (χ0n) is 13.9. The quantitative estimate of drug-likeness (QED) is 0.238. The molecular formula is C14H30O7Si2. The molecule has 0 saturated carbocycles. The van der Waals surface area contributed by atoms with Gasteiger partial charge in [-0.25, -0.2) is 0 Å². The van der Waals surface area contributed by atoms with Crippen LogP contribution in [0, 0.1) is 0 Å². The highest BCUT2D eigenvalue weighted by molar-refractivity contribution is 6.65. The van der Waals surface area contributed by atoms with Crippen molar-refractivity contribution >= 4 is 17.6 Å². The molecule has 4 atom stereocenters. The van der Waals surface area contributed by atoms with Gasteiger partial charge >= 0.3 is 8.56 Å². The van der Waals surface area contributed by atoms with Crippen molar-refractivity contribution in [3.05, 3.63) is 0 Å². The summed E-state index contributed by atoms with van der Waals surface area (Å²) in [6, 6.07) is 1.38. The van der Waals surface area contributed by atoms with Crippen LogP contribution in [0.5, 0.6) is 0 Å².